The molecule has 7 nitrogen and oxygen atoms in total. The fraction of sp³-hybridized carbons (Fsp3) is 0.706. The number of carbonyl (C=O) groups excluding carboxylic acids is 1. The standard InChI is InChI=1S/C17H26N2O5S2/c1-4-23-17(20)13-7-9-19(10-8-13)26(21,22)15-11-24-18(3)16(15)14-6-5-12(2)25-14/h5-6,13,15-16H,4,7-11H2,1-3H3. The third-order valence-corrected chi connectivity index (χ3v) is 8.37. The molecule has 0 saturated carbocycles. The molecule has 3 rings (SSSR count). The molecule has 1 aromatic heterocycles. The monoisotopic (exact) mass is 402 g/mol. The zero-order valence-corrected chi connectivity index (χ0v) is 17.0. The highest BCUT2D eigenvalue weighted by Crippen LogP contribution is 2.38. The molecule has 3 heterocycles. The van der Waals surface area contributed by atoms with Crippen LogP contribution in [0.3, 0.4) is 0 Å². The van der Waals surface area contributed by atoms with E-state index in [-0.39, 0.29) is 24.5 Å². The van der Waals surface area contributed by atoms with Crippen molar-refractivity contribution < 1.29 is 22.8 Å². The largest absolute Gasteiger partial charge is 0.466 e. The van der Waals surface area contributed by atoms with E-state index in [0.717, 1.165) is 9.75 Å². The maximum atomic E-state index is 13.2. The summed E-state index contributed by atoms with van der Waals surface area (Å²) in [6, 6.07) is 3.67. The van der Waals surface area contributed by atoms with Gasteiger partial charge in [-0.25, -0.2) is 12.7 Å². The van der Waals surface area contributed by atoms with E-state index in [0.29, 0.717) is 32.5 Å². The highest BCUT2D eigenvalue weighted by atomic mass is 32.2. The SMILES string of the molecule is CCOC(=O)C1CCN(S(=O)(=O)C2CON(C)C2c2ccc(C)s2)CC1. The van der Waals surface area contributed by atoms with Gasteiger partial charge in [-0.2, -0.15) is 5.06 Å². The second-order valence-corrected chi connectivity index (χ2v) is 10.2. The lowest BCUT2D eigenvalue weighted by atomic mass is 9.98. The minimum Gasteiger partial charge on any atom is -0.466 e. The van der Waals surface area contributed by atoms with Crippen molar-refractivity contribution in [1.82, 2.24) is 9.37 Å². The van der Waals surface area contributed by atoms with Crippen LogP contribution in [0.5, 0.6) is 0 Å². The number of nitrogens with zero attached hydrogens (tertiary/aromatic N) is 2. The van der Waals surface area contributed by atoms with E-state index in [1.807, 2.05) is 19.1 Å². The van der Waals surface area contributed by atoms with Gasteiger partial charge in [0.15, 0.2) is 0 Å². The Bertz CT molecular complexity index is 740. The van der Waals surface area contributed by atoms with Crippen LogP contribution in [-0.4, -0.2) is 62.4 Å². The summed E-state index contributed by atoms with van der Waals surface area (Å²) in [5.41, 5.74) is 0. The van der Waals surface area contributed by atoms with Gasteiger partial charge in [0.05, 0.1) is 25.2 Å². The van der Waals surface area contributed by atoms with Crippen molar-refractivity contribution in [2.75, 3.05) is 33.4 Å². The highest BCUT2D eigenvalue weighted by Gasteiger charge is 2.47. The van der Waals surface area contributed by atoms with E-state index >= 15 is 0 Å². The fourth-order valence-electron chi connectivity index (χ4n) is 3.62. The van der Waals surface area contributed by atoms with Gasteiger partial charge in [-0.1, -0.05) is 0 Å². The lowest BCUT2D eigenvalue weighted by Crippen LogP contribution is -2.46. The molecular weight excluding hydrogens is 376 g/mol. The number of aryl methyl sites for hydroxylation is 1. The first-order valence-electron chi connectivity index (χ1n) is 8.92. The number of sulfonamides is 1. The van der Waals surface area contributed by atoms with Crippen LogP contribution in [0.2, 0.25) is 0 Å². The van der Waals surface area contributed by atoms with Crippen molar-refractivity contribution in [3.63, 3.8) is 0 Å². The Hall–Kier alpha value is -1.00. The first-order chi connectivity index (χ1) is 12.3. The topological polar surface area (TPSA) is 76.1 Å². The molecule has 146 valence electrons. The highest BCUT2D eigenvalue weighted by molar-refractivity contribution is 7.89. The number of rotatable bonds is 5. The van der Waals surface area contributed by atoms with Crippen LogP contribution in [0.15, 0.2) is 12.1 Å². The third kappa shape index (κ3) is 3.82. The van der Waals surface area contributed by atoms with E-state index in [4.69, 9.17) is 9.57 Å². The Labute approximate surface area is 158 Å². The Morgan fingerprint density at radius 2 is 2.04 bits per heavy atom. The molecule has 0 amide bonds. The Morgan fingerprint density at radius 3 is 2.62 bits per heavy atom. The van der Waals surface area contributed by atoms with Crippen molar-refractivity contribution in [3.8, 4) is 0 Å². The van der Waals surface area contributed by atoms with Gasteiger partial charge in [-0.3, -0.25) is 9.63 Å². The van der Waals surface area contributed by atoms with Crippen LogP contribution in [0, 0.1) is 12.8 Å². The van der Waals surface area contributed by atoms with E-state index in [1.165, 1.54) is 4.31 Å². The third-order valence-electron chi connectivity index (χ3n) is 5.06. The zero-order chi connectivity index (χ0) is 18.9. The first-order valence-corrected chi connectivity index (χ1v) is 11.2. The summed E-state index contributed by atoms with van der Waals surface area (Å²) in [4.78, 5) is 19.6. The normalized spacial score (nSPS) is 26.3. The maximum Gasteiger partial charge on any atom is 0.309 e. The van der Waals surface area contributed by atoms with Gasteiger partial charge in [0.2, 0.25) is 10.0 Å². The number of hydrogen-bond acceptors (Lipinski definition) is 7. The zero-order valence-electron chi connectivity index (χ0n) is 15.4. The minimum absolute atomic E-state index is 0.151. The molecule has 2 unspecified atom stereocenters. The van der Waals surface area contributed by atoms with E-state index in [1.54, 1.807) is 30.4 Å². The molecule has 1 aromatic rings. The van der Waals surface area contributed by atoms with Crippen LogP contribution >= 0.6 is 11.3 Å². The number of hydroxylamine groups is 2. The van der Waals surface area contributed by atoms with Crippen molar-refractivity contribution in [1.29, 1.82) is 0 Å². The molecule has 0 N–H and O–H groups in total. The Kier molecular flexibility index (Phi) is 6.03. The van der Waals surface area contributed by atoms with E-state index < -0.39 is 15.3 Å². The van der Waals surface area contributed by atoms with Gasteiger partial charge in [0, 0.05) is 29.9 Å². The number of ether oxygens (including phenoxy) is 1. The molecule has 2 fully saturated rings. The molecule has 0 spiro atoms. The Balaban J connectivity index is 1.73. The quantitative estimate of drug-likeness (QED) is 0.701. The molecule has 2 aliphatic rings. The predicted molar refractivity (Wildman–Crippen MR) is 99.1 cm³/mol. The van der Waals surface area contributed by atoms with E-state index in [2.05, 4.69) is 0 Å². The first kappa shape index (κ1) is 19.8. The lowest BCUT2D eigenvalue weighted by molar-refractivity contribution is -0.149. The minimum atomic E-state index is -3.52. The van der Waals surface area contributed by atoms with Crippen molar-refractivity contribution >= 4 is 27.3 Å². The summed E-state index contributed by atoms with van der Waals surface area (Å²) in [5.74, 6) is -0.430. The Morgan fingerprint density at radius 1 is 1.35 bits per heavy atom. The summed E-state index contributed by atoms with van der Waals surface area (Å²) in [5, 5.41) is 1.02. The molecule has 2 saturated heterocycles. The molecule has 26 heavy (non-hydrogen) atoms. The average Bonchev–Trinajstić information content (AvgIpc) is 3.21. The second kappa shape index (κ2) is 7.93. The van der Waals surface area contributed by atoms with Gasteiger partial charge in [-0.15, -0.1) is 11.3 Å². The molecule has 0 aromatic carbocycles. The predicted octanol–water partition coefficient (Wildman–Crippen LogP) is 1.95. The summed E-state index contributed by atoms with van der Waals surface area (Å²) in [7, 11) is -1.74. The van der Waals surface area contributed by atoms with Gasteiger partial charge in [-0.05, 0) is 38.8 Å². The van der Waals surface area contributed by atoms with Crippen LogP contribution < -0.4 is 0 Å². The molecule has 2 atom stereocenters. The second-order valence-electron chi connectivity index (χ2n) is 6.74. The lowest BCUT2D eigenvalue weighted by Gasteiger charge is -2.33. The van der Waals surface area contributed by atoms with Crippen LogP contribution in [0.25, 0.3) is 0 Å². The van der Waals surface area contributed by atoms with Crippen LogP contribution in [0.4, 0.5) is 0 Å². The van der Waals surface area contributed by atoms with Crippen LogP contribution in [0.1, 0.15) is 35.6 Å². The summed E-state index contributed by atoms with van der Waals surface area (Å²) in [6.45, 7) is 4.99. The molecule has 2 aliphatic heterocycles. The van der Waals surface area contributed by atoms with E-state index in [9.17, 15) is 13.2 Å². The van der Waals surface area contributed by atoms with Crippen molar-refractivity contribution in [2.45, 2.75) is 38.0 Å². The van der Waals surface area contributed by atoms with Gasteiger partial charge in [0.1, 0.15) is 5.25 Å². The van der Waals surface area contributed by atoms with Crippen molar-refractivity contribution in [2.24, 2.45) is 5.92 Å². The van der Waals surface area contributed by atoms with Gasteiger partial charge >= 0.3 is 5.97 Å². The van der Waals surface area contributed by atoms with Gasteiger partial charge in [0.25, 0.3) is 0 Å². The fourth-order valence-corrected chi connectivity index (χ4v) is 6.76. The number of esters is 1. The van der Waals surface area contributed by atoms with Crippen LogP contribution in [-0.2, 0) is 24.4 Å². The molecule has 0 aliphatic carbocycles. The van der Waals surface area contributed by atoms with Gasteiger partial charge < -0.3 is 4.74 Å². The number of thiophene rings is 1. The summed E-state index contributed by atoms with van der Waals surface area (Å²) in [6.07, 6.45) is 1.01. The number of carbonyl (C=O) groups is 1. The molecule has 0 radical (unpaired) electrons. The number of hydrogen-bond donors (Lipinski definition) is 0. The average molecular weight is 403 g/mol. The number of piperidine rings is 1. The molecule has 9 heteroatoms. The smallest absolute Gasteiger partial charge is 0.309 e. The summed E-state index contributed by atoms with van der Waals surface area (Å²) < 4.78 is 33.0. The molecule has 0 bridgehead atoms. The maximum absolute atomic E-state index is 13.2. The molecular formula is C17H26N2O5S2. The summed E-state index contributed by atoms with van der Waals surface area (Å²) >= 11 is 1.60. The van der Waals surface area contributed by atoms with Crippen molar-refractivity contribution in [3.05, 3.63) is 21.9 Å².